The third-order valence-electron chi connectivity index (χ3n) is 3.26. The number of benzene rings is 1. The molecule has 0 aliphatic heterocycles. The van der Waals surface area contributed by atoms with Gasteiger partial charge < -0.3 is 9.47 Å². The summed E-state index contributed by atoms with van der Waals surface area (Å²) in [6.07, 6.45) is -0.304. The van der Waals surface area contributed by atoms with E-state index in [1.54, 1.807) is 13.8 Å². The Balaban J connectivity index is 2.90. The van der Waals surface area contributed by atoms with E-state index in [2.05, 4.69) is 10.0 Å². The molecular weight excluding hydrogens is 360 g/mol. The van der Waals surface area contributed by atoms with Gasteiger partial charge in [0.25, 0.3) is 0 Å². The Bertz CT molecular complexity index is 700. The number of amides is 1. The van der Waals surface area contributed by atoms with Crippen molar-refractivity contribution in [1.82, 2.24) is 4.72 Å². The highest BCUT2D eigenvalue weighted by molar-refractivity contribution is 7.89. The molecule has 146 valence electrons. The average molecular weight is 386 g/mol. The Morgan fingerprint density at radius 1 is 1.04 bits per heavy atom. The lowest BCUT2D eigenvalue weighted by atomic mass is 10.1. The van der Waals surface area contributed by atoms with Gasteiger partial charge >= 0.3 is 12.1 Å². The number of carbonyl (C=O) groups is 2. The van der Waals surface area contributed by atoms with E-state index in [0.29, 0.717) is 12.1 Å². The van der Waals surface area contributed by atoms with Crippen LogP contribution in [0.4, 0.5) is 10.5 Å². The van der Waals surface area contributed by atoms with E-state index in [0.717, 1.165) is 0 Å². The molecule has 1 atom stereocenters. The maximum atomic E-state index is 12.5. The van der Waals surface area contributed by atoms with Crippen LogP contribution in [0.2, 0.25) is 0 Å². The van der Waals surface area contributed by atoms with Gasteiger partial charge in [-0.25, -0.2) is 13.2 Å². The second-order valence-corrected chi connectivity index (χ2v) is 7.64. The Kier molecular flexibility index (Phi) is 8.53. The summed E-state index contributed by atoms with van der Waals surface area (Å²) in [5.74, 6) is -0.506. The minimum atomic E-state index is -3.92. The van der Waals surface area contributed by atoms with Crippen molar-refractivity contribution in [3.63, 3.8) is 0 Å². The smallest absolute Gasteiger partial charge is 0.411 e. The van der Waals surface area contributed by atoms with E-state index in [-0.39, 0.29) is 24.0 Å². The molecule has 0 aliphatic carbocycles. The highest BCUT2D eigenvalue weighted by Crippen LogP contribution is 2.16. The summed E-state index contributed by atoms with van der Waals surface area (Å²) in [6.45, 7) is 7.51. The van der Waals surface area contributed by atoms with E-state index in [4.69, 9.17) is 9.47 Å². The summed E-state index contributed by atoms with van der Waals surface area (Å²) >= 11 is 0. The third-order valence-corrected chi connectivity index (χ3v) is 4.75. The molecular formula is C17H26N2O6S. The maximum Gasteiger partial charge on any atom is 0.411 e. The zero-order valence-electron chi connectivity index (χ0n) is 15.4. The summed E-state index contributed by atoms with van der Waals surface area (Å²) in [5, 5.41) is 2.47. The molecule has 1 rings (SSSR count). The second kappa shape index (κ2) is 10.1. The topological polar surface area (TPSA) is 111 Å². The van der Waals surface area contributed by atoms with Crippen LogP contribution in [0.1, 0.15) is 34.1 Å². The van der Waals surface area contributed by atoms with Crippen molar-refractivity contribution in [1.29, 1.82) is 0 Å². The van der Waals surface area contributed by atoms with Gasteiger partial charge in [-0.15, -0.1) is 0 Å². The normalized spacial score (nSPS) is 12.5. The van der Waals surface area contributed by atoms with Crippen LogP contribution in [0.5, 0.6) is 0 Å². The second-order valence-electron chi connectivity index (χ2n) is 5.93. The minimum absolute atomic E-state index is 0.0232. The lowest BCUT2D eigenvalue weighted by Gasteiger charge is -2.19. The lowest BCUT2D eigenvalue weighted by molar-refractivity contribution is -0.145. The number of hydrogen-bond donors (Lipinski definition) is 2. The van der Waals surface area contributed by atoms with Gasteiger partial charge in [-0.2, -0.15) is 4.72 Å². The standard InChI is InChI=1S/C17H26N2O6S/c1-5-24-16(20)15(11-12(3)4)19-26(22,23)14-9-7-13(8-10-14)18-17(21)25-6-2/h7-10,12,15,19H,5-6,11H2,1-4H3,(H,18,21)/t15-/m1/s1. The zero-order chi connectivity index (χ0) is 19.7. The van der Waals surface area contributed by atoms with E-state index >= 15 is 0 Å². The maximum absolute atomic E-state index is 12.5. The van der Waals surface area contributed by atoms with Gasteiger partial charge in [0.1, 0.15) is 6.04 Å². The van der Waals surface area contributed by atoms with Gasteiger partial charge in [0.05, 0.1) is 18.1 Å². The first-order chi connectivity index (χ1) is 12.2. The summed E-state index contributed by atoms with van der Waals surface area (Å²) < 4.78 is 37.2. The molecule has 0 saturated carbocycles. The molecule has 0 bridgehead atoms. The molecule has 26 heavy (non-hydrogen) atoms. The third kappa shape index (κ3) is 7.01. The Morgan fingerprint density at radius 2 is 1.62 bits per heavy atom. The highest BCUT2D eigenvalue weighted by atomic mass is 32.2. The summed E-state index contributed by atoms with van der Waals surface area (Å²) in [6, 6.07) is 4.58. The molecule has 0 aromatic heterocycles. The van der Waals surface area contributed by atoms with Gasteiger partial charge in [-0.1, -0.05) is 13.8 Å². The fraction of sp³-hybridized carbons (Fsp3) is 0.529. The number of esters is 1. The monoisotopic (exact) mass is 386 g/mol. The number of sulfonamides is 1. The number of hydrogen-bond acceptors (Lipinski definition) is 6. The molecule has 9 heteroatoms. The molecule has 2 N–H and O–H groups in total. The predicted octanol–water partition coefficient (Wildman–Crippen LogP) is 2.51. The van der Waals surface area contributed by atoms with E-state index < -0.39 is 28.1 Å². The van der Waals surface area contributed by atoms with Gasteiger partial charge in [0, 0.05) is 5.69 Å². The zero-order valence-corrected chi connectivity index (χ0v) is 16.3. The van der Waals surface area contributed by atoms with Crippen molar-refractivity contribution in [2.45, 2.75) is 45.1 Å². The molecule has 1 aromatic carbocycles. The van der Waals surface area contributed by atoms with Gasteiger partial charge in [-0.3, -0.25) is 10.1 Å². The van der Waals surface area contributed by atoms with Crippen LogP contribution in [0.3, 0.4) is 0 Å². The number of rotatable bonds is 9. The number of ether oxygens (including phenoxy) is 2. The van der Waals surface area contributed by atoms with Crippen molar-refractivity contribution in [2.24, 2.45) is 5.92 Å². The SMILES string of the molecule is CCOC(=O)Nc1ccc(S(=O)(=O)N[C@H](CC(C)C)C(=O)OCC)cc1. The minimum Gasteiger partial charge on any atom is -0.465 e. The first-order valence-corrected chi connectivity index (χ1v) is 9.90. The van der Waals surface area contributed by atoms with Crippen LogP contribution >= 0.6 is 0 Å². The number of nitrogens with one attached hydrogen (secondary N) is 2. The van der Waals surface area contributed by atoms with E-state index in [1.165, 1.54) is 24.3 Å². The van der Waals surface area contributed by atoms with Crippen LogP contribution in [-0.4, -0.2) is 39.7 Å². The van der Waals surface area contributed by atoms with Crippen LogP contribution in [0.25, 0.3) is 0 Å². The fourth-order valence-corrected chi connectivity index (χ4v) is 3.36. The summed E-state index contributed by atoms with van der Waals surface area (Å²) in [4.78, 5) is 23.4. The number of carbonyl (C=O) groups excluding carboxylic acids is 2. The van der Waals surface area contributed by atoms with Crippen LogP contribution in [0.15, 0.2) is 29.2 Å². The first kappa shape index (κ1) is 21.9. The van der Waals surface area contributed by atoms with E-state index in [1.807, 2.05) is 13.8 Å². The molecule has 0 heterocycles. The lowest BCUT2D eigenvalue weighted by Crippen LogP contribution is -2.42. The molecule has 0 radical (unpaired) electrons. The molecule has 0 aliphatic rings. The highest BCUT2D eigenvalue weighted by Gasteiger charge is 2.27. The van der Waals surface area contributed by atoms with Gasteiger partial charge in [0.15, 0.2) is 0 Å². The van der Waals surface area contributed by atoms with Crippen molar-refractivity contribution in [3.05, 3.63) is 24.3 Å². The molecule has 0 saturated heterocycles. The van der Waals surface area contributed by atoms with Gasteiger partial charge in [-0.05, 0) is 50.5 Å². The van der Waals surface area contributed by atoms with Crippen LogP contribution in [0, 0.1) is 5.92 Å². The van der Waals surface area contributed by atoms with Crippen LogP contribution in [-0.2, 0) is 24.3 Å². The predicted molar refractivity (Wildman–Crippen MR) is 97.3 cm³/mol. The molecule has 8 nitrogen and oxygen atoms in total. The number of anilines is 1. The van der Waals surface area contributed by atoms with Crippen molar-refractivity contribution >= 4 is 27.8 Å². The quantitative estimate of drug-likeness (QED) is 0.631. The summed E-state index contributed by atoms with van der Waals surface area (Å²) in [7, 11) is -3.92. The molecule has 0 fully saturated rings. The first-order valence-electron chi connectivity index (χ1n) is 8.42. The Morgan fingerprint density at radius 3 is 2.12 bits per heavy atom. The van der Waals surface area contributed by atoms with Gasteiger partial charge in [0.2, 0.25) is 10.0 Å². The van der Waals surface area contributed by atoms with Crippen molar-refractivity contribution in [2.75, 3.05) is 18.5 Å². The molecule has 1 amide bonds. The fourth-order valence-electron chi connectivity index (χ4n) is 2.16. The largest absolute Gasteiger partial charge is 0.465 e. The Labute approximate surface area is 154 Å². The van der Waals surface area contributed by atoms with Crippen molar-refractivity contribution in [3.8, 4) is 0 Å². The molecule has 1 aromatic rings. The van der Waals surface area contributed by atoms with Crippen LogP contribution < -0.4 is 10.0 Å². The molecule has 0 spiro atoms. The summed E-state index contributed by atoms with van der Waals surface area (Å²) in [5.41, 5.74) is 0.395. The van der Waals surface area contributed by atoms with E-state index in [9.17, 15) is 18.0 Å². The molecule has 0 unspecified atom stereocenters. The Hall–Kier alpha value is -2.13. The van der Waals surface area contributed by atoms with Crippen molar-refractivity contribution < 1.29 is 27.5 Å². The average Bonchev–Trinajstić information content (AvgIpc) is 2.54.